The number of nitrogens with zero attached hydrogens (tertiary/aromatic N) is 1. The Morgan fingerprint density at radius 3 is 3.00 bits per heavy atom. The summed E-state index contributed by atoms with van der Waals surface area (Å²) in [6, 6.07) is 0. The average molecular weight is 177 g/mol. The Morgan fingerprint density at radius 1 is 1.54 bits per heavy atom. The molecule has 0 bridgehead atoms. The minimum atomic E-state index is -0.996. The fraction of sp³-hybridized carbons (Fsp3) is 0. The van der Waals surface area contributed by atoms with E-state index in [0.717, 1.165) is 0 Å². The molecule has 0 unspecified atom stereocenters. The molecule has 0 spiro atoms. The number of carboxylic acid groups (broad SMARTS) is 1. The summed E-state index contributed by atoms with van der Waals surface area (Å²) in [6.45, 7) is 0. The van der Waals surface area contributed by atoms with Crippen molar-refractivity contribution >= 4 is 22.6 Å². The van der Waals surface area contributed by atoms with E-state index in [1.54, 1.807) is 0 Å². The number of carboxylic acids is 1. The SMILES string of the molecule is Nc1cncc2[nH]cc(C(=O)O)c12. The number of aromatic amines is 1. The van der Waals surface area contributed by atoms with E-state index in [1.165, 1.54) is 18.6 Å². The Balaban J connectivity index is 2.86. The van der Waals surface area contributed by atoms with E-state index >= 15 is 0 Å². The first-order valence-corrected chi connectivity index (χ1v) is 3.64. The first-order valence-electron chi connectivity index (χ1n) is 3.64. The van der Waals surface area contributed by atoms with Gasteiger partial charge in [0.2, 0.25) is 0 Å². The Bertz CT molecular complexity index is 475. The number of H-pyrrole nitrogens is 1. The molecule has 2 aromatic rings. The molecular formula is C8H7N3O2. The molecule has 2 rings (SSSR count). The maximum Gasteiger partial charge on any atom is 0.337 e. The highest BCUT2D eigenvalue weighted by atomic mass is 16.4. The van der Waals surface area contributed by atoms with Crippen LogP contribution in [0.15, 0.2) is 18.6 Å². The minimum Gasteiger partial charge on any atom is -0.478 e. The summed E-state index contributed by atoms with van der Waals surface area (Å²) in [5, 5.41) is 9.32. The number of rotatable bonds is 1. The average Bonchev–Trinajstić information content (AvgIpc) is 2.49. The van der Waals surface area contributed by atoms with Crippen LogP contribution in [-0.4, -0.2) is 21.0 Å². The number of pyridine rings is 1. The van der Waals surface area contributed by atoms with Gasteiger partial charge in [0.1, 0.15) is 0 Å². The molecule has 5 nitrogen and oxygen atoms in total. The normalized spacial score (nSPS) is 10.5. The number of anilines is 1. The van der Waals surface area contributed by atoms with Gasteiger partial charge in [-0.25, -0.2) is 4.79 Å². The van der Waals surface area contributed by atoms with Crippen LogP contribution >= 0.6 is 0 Å². The molecule has 0 amide bonds. The molecule has 2 aromatic heterocycles. The minimum absolute atomic E-state index is 0.176. The third-order valence-corrected chi connectivity index (χ3v) is 1.85. The smallest absolute Gasteiger partial charge is 0.337 e. The summed E-state index contributed by atoms with van der Waals surface area (Å²) >= 11 is 0. The van der Waals surface area contributed by atoms with Gasteiger partial charge < -0.3 is 15.8 Å². The predicted octanol–water partition coefficient (Wildman–Crippen LogP) is 0.843. The van der Waals surface area contributed by atoms with E-state index in [1.807, 2.05) is 0 Å². The zero-order chi connectivity index (χ0) is 9.42. The molecule has 0 saturated heterocycles. The van der Waals surface area contributed by atoms with Crippen molar-refractivity contribution in [3.05, 3.63) is 24.2 Å². The van der Waals surface area contributed by atoms with E-state index in [9.17, 15) is 4.79 Å². The molecule has 0 atom stereocenters. The highest BCUT2D eigenvalue weighted by Crippen LogP contribution is 2.22. The molecule has 0 aromatic carbocycles. The van der Waals surface area contributed by atoms with E-state index in [0.29, 0.717) is 16.6 Å². The third kappa shape index (κ3) is 1.01. The Hall–Kier alpha value is -2.04. The van der Waals surface area contributed by atoms with E-state index in [2.05, 4.69) is 9.97 Å². The Labute approximate surface area is 73.2 Å². The number of nitrogens with one attached hydrogen (secondary N) is 1. The monoisotopic (exact) mass is 177 g/mol. The van der Waals surface area contributed by atoms with Crippen molar-refractivity contribution in [2.24, 2.45) is 0 Å². The summed E-state index contributed by atoms with van der Waals surface area (Å²) in [4.78, 5) is 17.4. The lowest BCUT2D eigenvalue weighted by molar-refractivity contribution is 0.0699. The molecule has 0 aliphatic rings. The van der Waals surface area contributed by atoms with Crippen molar-refractivity contribution in [3.63, 3.8) is 0 Å². The van der Waals surface area contributed by atoms with Crippen molar-refractivity contribution < 1.29 is 9.90 Å². The number of aromatic nitrogens is 2. The lowest BCUT2D eigenvalue weighted by Crippen LogP contribution is -1.96. The lowest BCUT2D eigenvalue weighted by atomic mass is 10.2. The van der Waals surface area contributed by atoms with E-state index in [4.69, 9.17) is 10.8 Å². The fourth-order valence-electron chi connectivity index (χ4n) is 1.28. The van der Waals surface area contributed by atoms with Crippen LogP contribution in [0.3, 0.4) is 0 Å². The molecule has 0 fully saturated rings. The highest BCUT2D eigenvalue weighted by Gasteiger charge is 2.12. The third-order valence-electron chi connectivity index (χ3n) is 1.85. The van der Waals surface area contributed by atoms with Gasteiger partial charge in [-0.15, -0.1) is 0 Å². The van der Waals surface area contributed by atoms with Crippen LogP contribution < -0.4 is 5.73 Å². The maximum absolute atomic E-state index is 10.7. The first-order chi connectivity index (χ1) is 6.20. The number of hydrogen-bond donors (Lipinski definition) is 3. The van der Waals surface area contributed by atoms with Crippen LogP contribution in [0.2, 0.25) is 0 Å². The van der Waals surface area contributed by atoms with Crippen LogP contribution in [0.5, 0.6) is 0 Å². The van der Waals surface area contributed by atoms with Gasteiger partial charge in [-0.2, -0.15) is 0 Å². The second-order valence-electron chi connectivity index (χ2n) is 2.66. The topological polar surface area (TPSA) is 92.0 Å². The van der Waals surface area contributed by atoms with Gasteiger partial charge >= 0.3 is 5.97 Å². The van der Waals surface area contributed by atoms with Gasteiger partial charge in [-0.3, -0.25) is 4.98 Å². The number of nitrogens with two attached hydrogens (primary N) is 1. The molecule has 13 heavy (non-hydrogen) atoms. The molecule has 4 N–H and O–H groups in total. The molecule has 0 saturated carbocycles. The van der Waals surface area contributed by atoms with Gasteiger partial charge in [0, 0.05) is 11.6 Å². The second-order valence-corrected chi connectivity index (χ2v) is 2.66. The van der Waals surface area contributed by atoms with Gasteiger partial charge in [0.05, 0.1) is 29.2 Å². The van der Waals surface area contributed by atoms with Crippen LogP contribution in [-0.2, 0) is 0 Å². The number of nitrogen functional groups attached to an aromatic ring is 1. The summed E-state index contributed by atoms with van der Waals surface area (Å²) in [7, 11) is 0. The summed E-state index contributed by atoms with van der Waals surface area (Å²) < 4.78 is 0. The molecular weight excluding hydrogens is 170 g/mol. The number of fused-ring (bicyclic) bond motifs is 1. The first kappa shape index (κ1) is 7.60. The van der Waals surface area contributed by atoms with Gasteiger partial charge in [0.15, 0.2) is 0 Å². The van der Waals surface area contributed by atoms with Crippen molar-refractivity contribution in [1.82, 2.24) is 9.97 Å². The molecule has 0 aliphatic carbocycles. The fourth-order valence-corrected chi connectivity index (χ4v) is 1.28. The number of carbonyl (C=O) groups is 1. The van der Waals surface area contributed by atoms with Crippen molar-refractivity contribution in [2.75, 3.05) is 5.73 Å². The largest absolute Gasteiger partial charge is 0.478 e. The van der Waals surface area contributed by atoms with Gasteiger partial charge in [-0.05, 0) is 0 Å². The van der Waals surface area contributed by atoms with Gasteiger partial charge in [0.25, 0.3) is 0 Å². The summed E-state index contributed by atoms with van der Waals surface area (Å²) in [5.41, 5.74) is 6.78. The summed E-state index contributed by atoms with van der Waals surface area (Å²) in [5.74, 6) is -0.996. The molecule has 2 heterocycles. The quantitative estimate of drug-likeness (QED) is 0.601. The van der Waals surface area contributed by atoms with Crippen LogP contribution in [0, 0.1) is 0 Å². The molecule has 0 radical (unpaired) electrons. The number of hydrogen-bond acceptors (Lipinski definition) is 3. The molecule has 0 aliphatic heterocycles. The summed E-state index contributed by atoms with van der Waals surface area (Å²) in [6.07, 6.45) is 4.38. The maximum atomic E-state index is 10.7. The van der Waals surface area contributed by atoms with Crippen molar-refractivity contribution in [2.45, 2.75) is 0 Å². The Morgan fingerprint density at radius 2 is 2.31 bits per heavy atom. The zero-order valence-corrected chi connectivity index (χ0v) is 6.61. The van der Waals surface area contributed by atoms with Crippen LogP contribution in [0.1, 0.15) is 10.4 Å². The highest BCUT2D eigenvalue weighted by molar-refractivity contribution is 6.07. The predicted molar refractivity (Wildman–Crippen MR) is 47.5 cm³/mol. The van der Waals surface area contributed by atoms with Crippen LogP contribution in [0.4, 0.5) is 5.69 Å². The molecule has 66 valence electrons. The second kappa shape index (κ2) is 2.48. The molecule has 5 heteroatoms. The van der Waals surface area contributed by atoms with Gasteiger partial charge in [-0.1, -0.05) is 0 Å². The van der Waals surface area contributed by atoms with Crippen molar-refractivity contribution in [3.8, 4) is 0 Å². The van der Waals surface area contributed by atoms with E-state index in [-0.39, 0.29) is 5.56 Å². The standard InChI is InChI=1S/C8H7N3O2/c9-5-2-10-3-6-7(5)4(1-11-6)8(12)13/h1-3,11H,9H2,(H,12,13). The van der Waals surface area contributed by atoms with Crippen molar-refractivity contribution in [1.29, 1.82) is 0 Å². The Kier molecular flexibility index (Phi) is 1.45. The lowest BCUT2D eigenvalue weighted by Gasteiger charge is -1.95. The van der Waals surface area contributed by atoms with E-state index < -0.39 is 5.97 Å². The van der Waals surface area contributed by atoms with Crippen LogP contribution in [0.25, 0.3) is 10.9 Å². The number of aromatic carboxylic acids is 1. The zero-order valence-electron chi connectivity index (χ0n) is 6.61.